The van der Waals surface area contributed by atoms with Crippen molar-refractivity contribution in [2.24, 2.45) is 5.92 Å². The molecule has 4 rings (SSSR count). The minimum Gasteiger partial charge on any atom is -0.491 e. The van der Waals surface area contributed by atoms with Gasteiger partial charge in [-0.15, -0.1) is 5.10 Å². The van der Waals surface area contributed by atoms with Crippen molar-refractivity contribution < 1.29 is 17.9 Å². The maximum atomic E-state index is 14.2. The van der Waals surface area contributed by atoms with Gasteiger partial charge in [-0.25, -0.2) is 17.9 Å². The van der Waals surface area contributed by atoms with Crippen LogP contribution in [0.2, 0.25) is 0 Å². The average molecular weight is 407 g/mol. The van der Waals surface area contributed by atoms with Gasteiger partial charge < -0.3 is 10.1 Å². The number of ether oxygens (including phenoxy) is 1. The molecule has 29 heavy (non-hydrogen) atoms. The van der Waals surface area contributed by atoms with Gasteiger partial charge in [-0.1, -0.05) is 0 Å². The molecule has 3 aromatic rings. The molecule has 1 aromatic carbocycles. The number of tetrazole rings is 1. The summed E-state index contributed by atoms with van der Waals surface area (Å²) in [7, 11) is 1.20. The Balaban J connectivity index is 1.69. The fourth-order valence-electron chi connectivity index (χ4n) is 3.11. The molecule has 2 aromatic heterocycles. The highest BCUT2D eigenvalue weighted by Crippen LogP contribution is 2.33. The second kappa shape index (κ2) is 8.10. The first-order chi connectivity index (χ1) is 14.1. The first kappa shape index (κ1) is 19.2. The molecular formula is C18H20F3N7O. The van der Waals surface area contributed by atoms with E-state index in [1.807, 2.05) is 0 Å². The van der Waals surface area contributed by atoms with E-state index in [9.17, 15) is 13.2 Å². The van der Waals surface area contributed by atoms with Crippen molar-refractivity contribution in [2.45, 2.75) is 32.0 Å². The summed E-state index contributed by atoms with van der Waals surface area (Å²) in [6.07, 6.45) is 3.85. The smallest absolute Gasteiger partial charge is 0.190 e. The summed E-state index contributed by atoms with van der Waals surface area (Å²) >= 11 is 0. The molecule has 11 heteroatoms. The quantitative estimate of drug-likeness (QED) is 0.587. The van der Waals surface area contributed by atoms with Crippen LogP contribution in [0, 0.1) is 17.6 Å². The Hall–Kier alpha value is -3.11. The highest BCUT2D eigenvalue weighted by Gasteiger charge is 2.29. The van der Waals surface area contributed by atoms with Crippen LogP contribution in [0.4, 0.5) is 18.9 Å². The van der Waals surface area contributed by atoms with Gasteiger partial charge in [-0.05, 0) is 35.3 Å². The number of anilines is 1. The third-order valence-corrected chi connectivity index (χ3v) is 4.73. The lowest BCUT2D eigenvalue weighted by Gasteiger charge is -2.18. The van der Waals surface area contributed by atoms with E-state index in [0.717, 1.165) is 25.0 Å². The van der Waals surface area contributed by atoms with Gasteiger partial charge in [0, 0.05) is 30.6 Å². The summed E-state index contributed by atoms with van der Waals surface area (Å²) in [6, 6.07) is 3.27. The largest absolute Gasteiger partial charge is 0.491 e. The van der Waals surface area contributed by atoms with Crippen LogP contribution in [0.25, 0.3) is 0 Å². The SMILES string of the molecule is COc1c(F)cc(NC(c2ccn(CCF)n2)c2nnnn2CC2CC2)cc1F. The zero-order valence-corrected chi connectivity index (χ0v) is 15.7. The van der Waals surface area contributed by atoms with Crippen molar-refractivity contribution in [3.63, 3.8) is 0 Å². The molecule has 1 fully saturated rings. The molecular weight excluding hydrogens is 387 g/mol. The average Bonchev–Trinajstić information content (AvgIpc) is 3.18. The minimum atomic E-state index is -0.839. The van der Waals surface area contributed by atoms with E-state index < -0.39 is 30.1 Å². The predicted octanol–water partition coefficient (Wildman–Crippen LogP) is 2.74. The molecule has 0 aliphatic heterocycles. The number of methoxy groups -OCH3 is 1. The van der Waals surface area contributed by atoms with Gasteiger partial charge in [0.25, 0.3) is 0 Å². The maximum Gasteiger partial charge on any atom is 0.190 e. The molecule has 1 unspecified atom stereocenters. The van der Waals surface area contributed by atoms with Gasteiger partial charge in [0.2, 0.25) is 0 Å². The van der Waals surface area contributed by atoms with Crippen LogP contribution in [0.3, 0.4) is 0 Å². The lowest BCUT2D eigenvalue weighted by Crippen LogP contribution is -2.20. The Kier molecular flexibility index (Phi) is 5.36. The van der Waals surface area contributed by atoms with E-state index in [0.29, 0.717) is 24.0 Å². The molecule has 1 saturated carbocycles. The van der Waals surface area contributed by atoms with E-state index in [-0.39, 0.29) is 12.2 Å². The summed E-state index contributed by atoms with van der Waals surface area (Å²) in [5, 5.41) is 19.3. The molecule has 2 heterocycles. The molecule has 1 aliphatic rings. The summed E-state index contributed by atoms with van der Waals surface area (Å²) < 4.78 is 48.8. The highest BCUT2D eigenvalue weighted by atomic mass is 19.1. The monoisotopic (exact) mass is 407 g/mol. The number of aromatic nitrogens is 6. The molecule has 0 saturated heterocycles. The van der Waals surface area contributed by atoms with Crippen molar-refractivity contribution >= 4 is 5.69 Å². The van der Waals surface area contributed by atoms with Crippen molar-refractivity contribution in [1.29, 1.82) is 0 Å². The summed E-state index contributed by atoms with van der Waals surface area (Å²) in [5.74, 6) is -1.17. The van der Waals surface area contributed by atoms with E-state index in [2.05, 4.69) is 25.9 Å². The lowest BCUT2D eigenvalue weighted by atomic mass is 10.1. The molecule has 0 bridgehead atoms. The highest BCUT2D eigenvalue weighted by molar-refractivity contribution is 5.50. The second-order valence-electron chi connectivity index (χ2n) is 6.91. The van der Waals surface area contributed by atoms with Crippen LogP contribution in [0.15, 0.2) is 24.4 Å². The first-order valence-corrected chi connectivity index (χ1v) is 9.24. The lowest BCUT2D eigenvalue weighted by molar-refractivity contribution is 0.360. The third kappa shape index (κ3) is 4.17. The van der Waals surface area contributed by atoms with Crippen LogP contribution >= 0.6 is 0 Å². The van der Waals surface area contributed by atoms with Crippen LogP contribution in [-0.2, 0) is 13.1 Å². The molecule has 1 aliphatic carbocycles. The second-order valence-corrected chi connectivity index (χ2v) is 6.91. The predicted molar refractivity (Wildman–Crippen MR) is 97.1 cm³/mol. The Morgan fingerprint density at radius 2 is 2.03 bits per heavy atom. The fourth-order valence-corrected chi connectivity index (χ4v) is 3.11. The number of halogens is 3. The molecule has 154 valence electrons. The molecule has 1 atom stereocenters. The van der Waals surface area contributed by atoms with E-state index >= 15 is 0 Å². The number of hydrogen-bond donors (Lipinski definition) is 1. The molecule has 0 spiro atoms. The fraction of sp³-hybridized carbons (Fsp3) is 0.444. The number of benzene rings is 1. The van der Waals surface area contributed by atoms with Crippen LogP contribution < -0.4 is 10.1 Å². The number of aryl methyl sites for hydroxylation is 1. The van der Waals surface area contributed by atoms with Crippen LogP contribution in [-0.4, -0.2) is 43.8 Å². The van der Waals surface area contributed by atoms with Gasteiger partial charge in [-0.2, -0.15) is 5.10 Å². The number of hydrogen-bond acceptors (Lipinski definition) is 6. The summed E-state index contributed by atoms with van der Waals surface area (Å²) in [5.41, 5.74) is 0.675. The van der Waals surface area contributed by atoms with Gasteiger partial charge >= 0.3 is 0 Å². The van der Waals surface area contributed by atoms with Gasteiger partial charge in [0.05, 0.1) is 19.3 Å². The molecule has 1 N–H and O–H groups in total. The first-order valence-electron chi connectivity index (χ1n) is 9.24. The Morgan fingerprint density at radius 3 is 2.69 bits per heavy atom. The summed E-state index contributed by atoms with van der Waals surface area (Å²) in [6.45, 7) is 0.191. The number of rotatable bonds is 9. The standard InChI is InChI=1S/C18H20F3N7O/c1-29-17-13(20)8-12(9-14(17)21)22-16(15-4-6-27(24-15)7-5-19)18-23-25-26-28(18)10-11-2-3-11/h4,6,8-9,11,16,22H,2-3,5,7,10H2,1H3. The van der Waals surface area contributed by atoms with Crippen molar-refractivity contribution in [3.8, 4) is 5.75 Å². The van der Waals surface area contributed by atoms with E-state index in [1.165, 1.54) is 11.8 Å². The third-order valence-electron chi connectivity index (χ3n) is 4.73. The van der Waals surface area contributed by atoms with Crippen LogP contribution in [0.5, 0.6) is 5.75 Å². The minimum absolute atomic E-state index is 0.103. The number of nitrogens with zero attached hydrogens (tertiary/aromatic N) is 6. The Labute approximate surface area is 164 Å². The molecule has 0 amide bonds. The molecule has 8 nitrogen and oxygen atoms in total. The summed E-state index contributed by atoms with van der Waals surface area (Å²) in [4.78, 5) is 0. The zero-order chi connectivity index (χ0) is 20.4. The van der Waals surface area contributed by atoms with Gasteiger partial charge in [-0.3, -0.25) is 4.68 Å². The van der Waals surface area contributed by atoms with Crippen LogP contribution in [0.1, 0.15) is 30.4 Å². The Morgan fingerprint density at radius 1 is 1.28 bits per heavy atom. The normalized spacial score (nSPS) is 14.8. The molecule has 0 radical (unpaired) electrons. The Bertz CT molecular complexity index is 962. The van der Waals surface area contributed by atoms with Gasteiger partial charge in [0.1, 0.15) is 12.7 Å². The van der Waals surface area contributed by atoms with E-state index in [4.69, 9.17) is 4.74 Å². The van der Waals surface area contributed by atoms with E-state index in [1.54, 1.807) is 16.9 Å². The van der Waals surface area contributed by atoms with Gasteiger partial charge in [0.15, 0.2) is 23.2 Å². The number of alkyl halides is 1. The van der Waals surface area contributed by atoms with Crippen molar-refractivity contribution in [2.75, 3.05) is 19.1 Å². The number of nitrogens with one attached hydrogen (secondary N) is 1. The van der Waals surface area contributed by atoms with Crippen molar-refractivity contribution in [3.05, 3.63) is 47.5 Å². The zero-order valence-electron chi connectivity index (χ0n) is 15.7. The maximum absolute atomic E-state index is 14.2. The van der Waals surface area contributed by atoms with Crippen molar-refractivity contribution in [1.82, 2.24) is 30.0 Å². The topological polar surface area (TPSA) is 82.7 Å².